The minimum atomic E-state index is 0.475. The number of rotatable bonds is 2. The van der Waals surface area contributed by atoms with Gasteiger partial charge in [0.2, 0.25) is 0 Å². The predicted molar refractivity (Wildman–Crippen MR) is 62.7 cm³/mol. The molecule has 0 aliphatic heterocycles. The maximum absolute atomic E-state index is 10.5. The van der Waals surface area contributed by atoms with Crippen molar-refractivity contribution < 1.29 is 4.79 Å². The summed E-state index contributed by atoms with van der Waals surface area (Å²) in [6, 6.07) is 5.75. The topological polar surface area (TPSA) is 30.0 Å². The smallest absolute Gasteiger partial charge is 0.178 e. The van der Waals surface area contributed by atoms with Crippen molar-refractivity contribution in [1.29, 1.82) is 0 Å². The van der Waals surface area contributed by atoms with Gasteiger partial charge in [0, 0.05) is 10.9 Å². The van der Waals surface area contributed by atoms with E-state index < -0.39 is 0 Å². The van der Waals surface area contributed by atoms with E-state index in [0.29, 0.717) is 10.0 Å². The molecule has 0 saturated carbocycles. The Labute approximate surface area is 96.5 Å². The average Bonchev–Trinajstić information content (AvgIpc) is 2.70. The van der Waals surface area contributed by atoms with Gasteiger partial charge in [-0.15, -0.1) is 11.3 Å². The zero-order valence-electron chi connectivity index (χ0n) is 8.03. The second kappa shape index (κ2) is 4.13. The lowest BCUT2D eigenvalue weighted by Gasteiger charge is -2.01. The lowest BCUT2D eigenvalue weighted by Crippen LogP contribution is -1.83. The molecule has 0 atom stereocenters. The normalized spacial score (nSPS) is 10.3. The van der Waals surface area contributed by atoms with Crippen LogP contribution in [-0.4, -0.2) is 11.3 Å². The molecule has 1 aromatic carbocycles. The first-order chi connectivity index (χ1) is 7.20. The van der Waals surface area contributed by atoms with Crippen molar-refractivity contribution in [2.45, 2.75) is 6.92 Å². The maximum Gasteiger partial charge on any atom is 0.178 e. The zero-order valence-corrected chi connectivity index (χ0v) is 9.60. The van der Waals surface area contributed by atoms with Crippen LogP contribution < -0.4 is 0 Å². The standard InChI is InChI=1S/C11H8ClNOS/c1-7-2-3-9(12)8(4-7)10-6-15-11(5-14)13-10/h2-6H,1H3. The summed E-state index contributed by atoms with van der Waals surface area (Å²) in [6.45, 7) is 1.99. The van der Waals surface area contributed by atoms with E-state index in [1.165, 1.54) is 11.3 Å². The van der Waals surface area contributed by atoms with E-state index in [-0.39, 0.29) is 0 Å². The van der Waals surface area contributed by atoms with E-state index in [1.54, 1.807) is 0 Å². The molecule has 2 aromatic rings. The Morgan fingerprint density at radius 1 is 1.47 bits per heavy atom. The van der Waals surface area contributed by atoms with Crippen LogP contribution in [0.15, 0.2) is 23.6 Å². The fourth-order valence-corrected chi connectivity index (χ4v) is 2.13. The molecule has 0 N–H and O–H groups in total. The summed E-state index contributed by atoms with van der Waals surface area (Å²) in [5.41, 5.74) is 2.76. The lowest BCUT2D eigenvalue weighted by atomic mass is 10.1. The molecule has 0 bridgehead atoms. The third-order valence-corrected chi connectivity index (χ3v) is 3.12. The van der Waals surface area contributed by atoms with Crippen molar-refractivity contribution in [1.82, 2.24) is 4.98 Å². The molecule has 0 unspecified atom stereocenters. The Hall–Kier alpha value is -1.19. The molecule has 2 nitrogen and oxygen atoms in total. The van der Waals surface area contributed by atoms with E-state index in [1.807, 2.05) is 30.5 Å². The van der Waals surface area contributed by atoms with Crippen LogP contribution in [0.5, 0.6) is 0 Å². The predicted octanol–water partition coefficient (Wildman–Crippen LogP) is 3.58. The summed E-state index contributed by atoms with van der Waals surface area (Å²) >= 11 is 7.38. The number of thiazole rings is 1. The van der Waals surface area contributed by atoms with Crippen LogP contribution in [0.3, 0.4) is 0 Å². The molecule has 0 saturated heterocycles. The van der Waals surface area contributed by atoms with Crippen molar-refractivity contribution in [2.24, 2.45) is 0 Å². The fourth-order valence-electron chi connectivity index (χ4n) is 1.30. The van der Waals surface area contributed by atoms with Crippen LogP contribution in [0, 0.1) is 6.92 Å². The first-order valence-corrected chi connectivity index (χ1v) is 5.63. The molecule has 0 aliphatic rings. The zero-order chi connectivity index (χ0) is 10.8. The number of hydrogen-bond acceptors (Lipinski definition) is 3. The Morgan fingerprint density at radius 2 is 2.27 bits per heavy atom. The maximum atomic E-state index is 10.5. The Morgan fingerprint density at radius 3 is 2.93 bits per heavy atom. The molecule has 1 heterocycles. The lowest BCUT2D eigenvalue weighted by molar-refractivity contribution is 0.112. The monoisotopic (exact) mass is 237 g/mol. The van der Waals surface area contributed by atoms with Crippen LogP contribution in [0.25, 0.3) is 11.3 Å². The summed E-state index contributed by atoms with van der Waals surface area (Å²) in [5.74, 6) is 0. The number of aryl methyl sites for hydroxylation is 1. The largest absolute Gasteiger partial charge is 0.295 e. The minimum Gasteiger partial charge on any atom is -0.295 e. The highest BCUT2D eigenvalue weighted by Gasteiger charge is 2.07. The van der Waals surface area contributed by atoms with E-state index in [4.69, 9.17) is 11.6 Å². The molecule has 2 rings (SSSR count). The van der Waals surface area contributed by atoms with Crippen LogP contribution in [0.4, 0.5) is 0 Å². The quantitative estimate of drug-likeness (QED) is 0.748. The van der Waals surface area contributed by atoms with Gasteiger partial charge in [-0.25, -0.2) is 4.98 Å². The average molecular weight is 238 g/mol. The van der Waals surface area contributed by atoms with E-state index in [2.05, 4.69) is 4.98 Å². The third kappa shape index (κ3) is 2.08. The van der Waals surface area contributed by atoms with Gasteiger partial charge in [0.1, 0.15) is 0 Å². The number of aromatic nitrogens is 1. The first-order valence-electron chi connectivity index (χ1n) is 4.38. The van der Waals surface area contributed by atoms with Gasteiger partial charge in [-0.05, 0) is 19.1 Å². The highest BCUT2D eigenvalue weighted by atomic mass is 35.5. The highest BCUT2D eigenvalue weighted by molar-refractivity contribution is 7.11. The van der Waals surface area contributed by atoms with Gasteiger partial charge < -0.3 is 0 Å². The van der Waals surface area contributed by atoms with Crippen molar-refractivity contribution in [3.8, 4) is 11.3 Å². The van der Waals surface area contributed by atoms with Crippen LogP contribution in [0.1, 0.15) is 15.4 Å². The molecule has 0 fully saturated rings. The second-order valence-corrected chi connectivity index (χ2v) is 4.47. The molecule has 0 amide bonds. The number of carbonyl (C=O) groups is 1. The van der Waals surface area contributed by atoms with Gasteiger partial charge in [-0.3, -0.25) is 4.79 Å². The summed E-state index contributed by atoms with van der Waals surface area (Å²) in [7, 11) is 0. The van der Waals surface area contributed by atoms with E-state index in [0.717, 1.165) is 23.1 Å². The van der Waals surface area contributed by atoms with Crippen LogP contribution in [0.2, 0.25) is 5.02 Å². The third-order valence-electron chi connectivity index (χ3n) is 2.02. The Kier molecular flexibility index (Phi) is 2.84. The highest BCUT2D eigenvalue weighted by Crippen LogP contribution is 2.29. The molecule has 1 aromatic heterocycles. The van der Waals surface area contributed by atoms with Crippen LogP contribution >= 0.6 is 22.9 Å². The van der Waals surface area contributed by atoms with Crippen molar-refractivity contribution in [3.05, 3.63) is 39.2 Å². The molecule has 4 heteroatoms. The summed E-state index contributed by atoms with van der Waals surface area (Å²) in [6.07, 6.45) is 0.748. The molecule has 76 valence electrons. The van der Waals surface area contributed by atoms with E-state index >= 15 is 0 Å². The minimum absolute atomic E-state index is 0.475. The molecular weight excluding hydrogens is 230 g/mol. The molecular formula is C11H8ClNOS. The number of carbonyl (C=O) groups excluding carboxylic acids is 1. The molecule has 15 heavy (non-hydrogen) atoms. The van der Waals surface area contributed by atoms with Gasteiger partial charge >= 0.3 is 0 Å². The van der Waals surface area contributed by atoms with Crippen molar-refractivity contribution in [3.63, 3.8) is 0 Å². The van der Waals surface area contributed by atoms with Gasteiger partial charge in [0.05, 0.1) is 10.7 Å². The van der Waals surface area contributed by atoms with Gasteiger partial charge in [0.15, 0.2) is 11.3 Å². The summed E-state index contributed by atoms with van der Waals surface area (Å²) < 4.78 is 0. The van der Waals surface area contributed by atoms with E-state index in [9.17, 15) is 4.79 Å². The first kappa shape index (κ1) is 10.3. The fraction of sp³-hybridized carbons (Fsp3) is 0.0909. The number of aldehydes is 1. The Balaban J connectivity index is 2.52. The molecule has 0 radical (unpaired) electrons. The summed E-state index contributed by atoms with van der Waals surface area (Å²) in [4.78, 5) is 14.7. The van der Waals surface area contributed by atoms with Gasteiger partial charge in [-0.1, -0.05) is 23.2 Å². The van der Waals surface area contributed by atoms with Gasteiger partial charge in [-0.2, -0.15) is 0 Å². The molecule has 0 spiro atoms. The number of halogens is 1. The Bertz CT molecular complexity index is 507. The second-order valence-electron chi connectivity index (χ2n) is 3.17. The number of benzene rings is 1. The van der Waals surface area contributed by atoms with Gasteiger partial charge in [0.25, 0.3) is 0 Å². The van der Waals surface area contributed by atoms with Crippen molar-refractivity contribution in [2.75, 3.05) is 0 Å². The number of hydrogen-bond donors (Lipinski definition) is 0. The van der Waals surface area contributed by atoms with Crippen molar-refractivity contribution >= 4 is 29.2 Å². The SMILES string of the molecule is Cc1ccc(Cl)c(-c2csc(C=O)n2)c1. The van der Waals surface area contributed by atoms with Crippen LogP contribution in [-0.2, 0) is 0 Å². The number of nitrogens with zero attached hydrogens (tertiary/aromatic N) is 1. The summed E-state index contributed by atoms with van der Waals surface area (Å²) in [5, 5.41) is 2.97. The molecule has 0 aliphatic carbocycles.